The quantitative estimate of drug-likeness (QED) is 0.861. The largest absolute Gasteiger partial charge is 0.314 e. The van der Waals surface area contributed by atoms with E-state index in [1.54, 1.807) is 4.68 Å². The van der Waals surface area contributed by atoms with E-state index in [1.807, 2.05) is 33.9 Å². The van der Waals surface area contributed by atoms with Gasteiger partial charge in [-0.05, 0) is 26.8 Å². The third-order valence-corrected chi connectivity index (χ3v) is 4.03. The number of Topliss-reactive ketones (excluding diaryl/α,β-unsaturated/α-hetero) is 1. The van der Waals surface area contributed by atoms with Crippen LogP contribution in [0.2, 0.25) is 0 Å². The molecule has 1 N–H and O–H groups in total. The SMILES string of the molecule is Cc1cc(CC(=O)C(C)(C)N2CCNCC2)n(C)n1. The van der Waals surface area contributed by atoms with Crippen LogP contribution in [0.5, 0.6) is 0 Å². The van der Waals surface area contributed by atoms with E-state index in [4.69, 9.17) is 0 Å². The van der Waals surface area contributed by atoms with Gasteiger partial charge in [0.2, 0.25) is 0 Å². The fraction of sp³-hybridized carbons (Fsp3) is 0.714. The van der Waals surface area contributed by atoms with Crippen LogP contribution in [0.3, 0.4) is 0 Å². The molecule has 1 aliphatic rings. The van der Waals surface area contributed by atoms with Crippen LogP contribution in [0.25, 0.3) is 0 Å². The number of hydrogen-bond acceptors (Lipinski definition) is 4. The maximum absolute atomic E-state index is 12.6. The van der Waals surface area contributed by atoms with Gasteiger partial charge in [-0.3, -0.25) is 14.4 Å². The van der Waals surface area contributed by atoms with Crippen LogP contribution in [-0.4, -0.2) is 52.2 Å². The number of nitrogens with zero attached hydrogens (tertiary/aromatic N) is 3. The fourth-order valence-electron chi connectivity index (χ4n) is 2.61. The summed E-state index contributed by atoms with van der Waals surface area (Å²) in [4.78, 5) is 14.9. The molecule has 0 spiro atoms. The zero-order valence-electron chi connectivity index (χ0n) is 12.4. The minimum absolute atomic E-state index is 0.261. The predicted octanol–water partition coefficient (Wildman–Crippen LogP) is 0.524. The second-order valence-electron chi connectivity index (χ2n) is 5.80. The summed E-state index contributed by atoms with van der Waals surface area (Å²) < 4.78 is 1.81. The summed E-state index contributed by atoms with van der Waals surface area (Å²) in [6.07, 6.45) is 0.453. The summed E-state index contributed by atoms with van der Waals surface area (Å²) >= 11 is 0. The Kier molecular flexibility index (Phi) is 4.06. The van der Waals surface area contributed by atoms with Crippen LogP contribution in [0.15, 0.2) is 6.07 Å². The molecule has 1 saturated heterocycles. The Bertz CT molecular complexity index is 458. The first kappa shape index (κ1) is 14.2. The van der Waals surface area contributed by atoms with Crippen molar-refractivity contribution in [2.75, 3.05) is 26.2 Å². The van der Waals surface area contributed by atoms with Crippen LogP contribution in [-0.2, 0) is 18.3 Å². The zero-order valence-corrected chi connectivity index (χ0v) is 12.4. The molecular weight excluding hydrogens is 240 g/mol. The van der Waals surface area contributed by atoms with Gasteiger partial charge >= 0.3 is 0 Å². The number of carbonyl (C=O) groups is 1. The monoisotopic (exact) mass is 264 g/mol. The lowest BCUT2D eigenvalue weighted by atomic mass is 9.92. The van der Waals surface area contributed by atoms with Crippen LogP contribution < -0.4 is 5.32 Å². The fourth-order valence-corrected chi connectivity index (χ4v) is 2.61. The van der Waals surface area contributed by atoms with E-state index < -0.39 is 5.54 Å². The average molecular weight is 264 g/mol. The highest BCUT2D eigenvalue weighted by Gasteiger charge is 2.35. The molecule has 19 heavy (non-hydrogen) atoms. The molecule has 5 heteroatoms. The van der Waals surface area contributed by atoms with Gasteiger partial charge in [-0.15, -0.1) is 0 Å². The molecule has 0 aromatic carbocycles. The van der Waals surface area contributed by atoms with Gasteiger partial charge in [0.05, 0.1) is 17.7 Å². The molecule has 0 bridgehead atoms. The van der Waals surface area contributed by atoms with Gasteiger partial charge in [-0.2, -0.15) is 5.10 Å². The maximum Gasteiger partial charge on any atom is 0.158 e. The van der Waals surface area contributed by atoms with Crippen molar-refractivity contribution >= 4 is 5.78 Å². The number of carbonyl (C=O) groups excluding carboxylic acids is 1. The molecule has 2 heterocycles. The number of nitrogens with one attached hydrogen (secondary N) is 1. The van der Waals surface area contributed by atoms with E-state index in [0.717, 1.165) is 37.6 Å². The Labute approximate surface area is 115 Å². The van der Waals surface area contributed by atoms with E-state index in [2.05, 4.69) is 15.3 Å². The molecule has 2 rings (SSSR count). The normalized spacial score (nSPS) is 17.7. The molecule has 1 fully saturated rings. The van der Waals surface area contributed by atoms with Gasteiger partial charge in [-0.25, -0.2) is 0 Å². The van der Waals surface area contributed by atoms with Gasteiger partial charge in [-0.1, -0.05) is 0 Å². The lowest BCUT2D eigenvalue weighted by Crippen LogP contribution is -2.57. The summed E-state index contributed by atoms with van der Waals surface area (Å²) in [5.41, 5.74) is 1.55. The smallest absolute Gasteiger partial charge is 0.158 e. The molecule has 0 unspecified atom stereocenters. The molecular formula is C14H24N4O. The van der Waals surface area contributed by atoms with Gasteiger partial charge in [0.15, 0.2) is 5.78 Å². The van der Waals surface area contributed by atoms with Crippen LogP contribution in [0.4, 0.5) is 0 Å². The number of aromatic nitrogens is 2. The number of rotatable bonds is 4. The third kappa shape index (κ3) is 3.04. The Morgan fingerprint density at radius 2 is 2.05 bits per heavy atom. The Morgan fingerprint density at radius 3 is 2.58 bits per heavy atom. The first-order chi connectivity index (χ1) is 8.91. The minimum atomic E-state index is -0.403. The highest BCUT2D eigenvalue weighted by atomic mass is 16.1. The predicted molar refractivity (Wildman–Crippen MR) is 75.2 cm³/mol. The van der Waals surface area contributed by atoms with Crippen molar-refractivity contribution < 1.29 is 4.79 Å². The number of ketones is 1. The minimum Gasteiger partial charge on any atom is -0.314 e. The molecule has 0 amide bonds. The highest BCUT2D eigenvalue weighted by Crippen LogP contribution is 2.19. The lowest BCUT2D eigenvalue weighted by Gasteiger charge is -2.40. The second-order valence-corrected chi connectivity index (χ2v) is 5.80. The van der Waals surface area contributed by atoms with Crippen molar-refractivity contribution in [2.45, 2.75) is 32.7 Å². The second kappa shape index (κ2) is 5.43. The lowest BCUT2D eigenvalue weighted by molar-refractivity contribution is -0.129. The molecule has 106 valence electrons. The average Bonchev–Trinajstić information content (AvgIpc) is 2.69. The van der Waals surface area contributed by atoms with Gasteiger partial charge in [0.25, 0.3) is 0 Å². The molecule has 1 aliphatic heterocycles. The van der Waals surface area contributed by atoms with Crippen molar-refractivity contribution in [3.05, 3.63) is 17.5 Å². The van der Waals surface area contributed by atoms with Crippen molar-refractivity contribution in [1.29, 1.82) is 0 Å². The van der Waals surface area contributed by atoms with Crippen molar-refractivity contribution in [2.24, 2.45) is 7.05 Å². The van der Waals surface area contributed by atoms with Crippen LogP contribution in [0.1, 0.15) is 25.2 Å². The number of hydrogen-bond donors (Lipinski definition) is 1. The number of piperazine rings is 1. The topological polar surface area (TPSA) is 50.2 Å². The Balaban J connectivity index is 2.07. The summed E-state index contributed by atoms with van der Waals surface area (Å²) in [5, 5.41) is 7.62. The van der Waals surface area contributed by atoms with Crippen LogP contribution in [0, 0.1) is 6.92 Å². The Hall–Kier alpha value is -1.20. The molecule has 0 saturated carbocycles. The van der Waals surface area contributed by atoms with E-state index in [1.165, 1.54) is 0 Å². The summed E-state index contributed by atoms with van der Waals surface area (Å²) in [6.45, 7) is 9.80. The summed E-state index contributed by atoms with van der Waals surface area (Å²) in [6, 6.07) is 1.99. The van der Waals surface area contributed by atoms with E-state index in [9.17, 15) is 4.79 Å². The Morgan fingerprint density at radius 1 is 1.42 bits per heavy atom. The standard InChI is InChI=1S/C14H24N4O/c1-11-9-12(17(4)16-11)10-13(19)14(2,3)18-7-5-15-6-8-18/h9,15H,5-8,10H2,1-4H3. The summed E-state index contributed by atoms with van der Waals surface area (Å²) in [5.74, 6) is 0.261. The van der Waals surface area contributed by atoms with E-state index >= 15 is 0 Å². The van der Waals surface area contributed by atoms with Gasteiger partial charge in [0, 0.05) is 38.9 Å². The molecule has 0 aliphatic carbocycles. The maximum atomic E-state index is 12.6. The van der Waals surface area contributed by atoms with E-state index in [-0.39, 0.29) is 5.78 Å². The molecule has 1 aromatic rings. The van der Waals surface area contributed by atoms with Gasteiger partial charge < -0.3 is 5.32 Å². The summed E-state index contributed by atoms with van der Waals surface area (Å²) in [7, 11) is 1.90. The first-order valence-corrected chi connectivity index (χ1v) is 6.90. The van der Waals surface area contributed by atoms with E-state index in [0.29, 0.717) is 6.42 Å². The third-order valence-electron chi connectivity index (χ3n) is 4.03. The van der Waals surface area contributed by atoms with Crippen LogP contribution >= 0.6 is 0 Å². The van der Waals surface area contributed by atoms with Crippen molar-refractivity contribution in [3.8, 4) is 0 Å². The first-order valence-electron chi connectivity index (χ1n) is 6.90. The zero-order chi connectivity index (χ0) is 14.0. The molecule has 0 atom stereocenters. The number of aryl methyl sites for hydroxylation is 2. The van der Waals surface area contributed by atoms with Crippen molar-refractivity contribution in [3.63, 3.8) is 0 Å². The molecule has 1 aromatic heterocycles. The molecule has 5 nitrogen and oxygen atoms in total. The van der Waals surface area contributed by atoms with Gasteiger partial charge in [0.1, 0.15) is 0 Å². The van der Waals surface area contributed by atoms with Crippen molar-refractivity contribution in [1.82, 2.24) is 20.0 Å². The highest BCUT2D eigenvalue weighted by molar-refractivity contribution is 5.89. The molecule has 0 radical (unpaired) electrons.